The zero-order chi connectivity index (χ0) is 59.5. The molecular weight excluding hydrogens is 1040 g/mol. The van der Waals surface area contributed by atoms with Crippen molar-refractivity contribution in [2.45, 2.75) is 383 Å². The fourth-order valence-electron chi connectivity index (χ4n) is 11.6. The summed E-state index contributed by atoms with van der Waals surface area (Å²) in [6, 6.07) is -0.826. The van der Waals surface area contributed by atoms with Crippen LogP contribution in [0.1, 0.15) is 309 Å². The number of rotatable bonds is 57. The molecular formula is C68H129NO13. The summed E-state index contributed by atoms with van der Waals surface area (Å²) in [5.41, 5.74) is 0. The van der Waals surface area contributed by atoms with Crippen LogP contribution in [0.2, 0.25) is 0 Å². The largest absolute Gasteiger partial charge is 0.394 e. The van der Waals surface area contributed by atoms with Crippen LogP contribution in [0.3, 0.4) is 0 Å². The first kappa shape index (κ1) is 76.6. The second-order valence-corrected chi connectivity index (χ2v) is 24.7. The number of ether oxygens (including phenoxy) is 4. The summed E-state index contributed by atoms with van der Waals surface area (Å²) in [6.07, 6.45) is 49.1. The topological polar surface area (TPSA) is 228 Å². The third-order valence-corrected chi connectivity index (χ3v) is 17.2. The van der Waals surface area contributed by atoms with E-state index >= 15 is 0 Å². The third kappa shape index (κ3) is 37.9. The molecule has 12 atom stereocenters. The maximum Gasteiger partial charge on any atom is 0.220 e. The van der Waals surface area contributed by atoms with Crippen molar-refractivity contribution >= 4 is 5.91 Å². The van der Waals surface area contributed by atoms with E-state index in [0.29, 0.717) is 12.8 Å². The fraction of sp³-hybridized carbons (Fsp3) is 0.926. The molecule has 0 aromatic heterocycles. The Morgan fingerprint density at radius 3 is 1.22 bits per heavy atom. The van der Waals surface area contributed by atoms with E-state index in [1.165, 1.54) is 225 Å². The van der Waals surface area contributed by atoms with Crippen LogP contribution in [0.5, 0.6) is 0 Å². The van der Waals surface area contributed by atoms with Gasteiger partial charge in [-0.2, -0.15) is 0 Å². The summed E-state index contributed by atoms with van der Waals surface area (Å²) in [4.78, 5) is 13.3. The van der Waals surface area contributed by atoms with E-state index in [1.807, 2.05) is 0 Å². The standard InChI is InChI=1S/C68H129NO13/c1-3-5-7-9-11-13-15-17-19-21-22-23-24-25-26-27-28-29-30-31-32-33-34-36-38-40-42-44-46-48-50-52-60(73)69-56(57(72)51-49-47-45-43-41-39-37-35-20-18-16-14-12-10-8-6-4-2)55-79-67-65(78)63(76)66(59(54-71)81-67)82-68-64(77)62(75)61(74)58(53-70)80-68/h15,17,21-22,56-59,61-68,70-72,74-78H,3-14,16,18-20,23-55H2,1-2H3,(H,69,73)/b17-15-,22-21-. The van der Waals surface area contributed by atoms with Gasteiger partial charge in [-0.15, -0.1) is 0 Å². The Kier molecular flexibility index (Phi) is 50.1. The maximum atomic E-state index is 13.3. The number of nitrogens with one attached hydrogen (secondary N) is 1. The second-order valence-electron chi connectivity index (χ2n) is 24.7. The Morgan fingerprint density at radius 2 is 0.805 bits per heavy atom. The molecule has 9 N–H and O–H groups in total. The van der Waals surface area contributed by atoms with Crippen LogP contribution in [0.25, 0.3) is 0 Å². The molecule has 0 aromatic rings. The van der Waals surface area contributed by atoms with E-state index < -0.39 is 86.8 Å². The van der Waals surface area contributed by atoms with Crippen molar-refractivity contribution in [3.05, 3.63) is 24.3 Å². The predicted octanol–water partition coefficient (Wildman–Crippen LogP) is 13.6. The zero-order valence-electron chi connectivity index (χ0n) is 52.5. The second kappa shape index (κ2) is 53.7. The van der Waals surface area contributed by atoms with Crippen molar-refractivity contribution in [1.82, 2.24) is 5.32 Å². The summed E-state index contributed by atoms with van der Waals surface area (Å²) < 4.78 is 22.9. The SMILES string of the molecule is CCCCCCC/C=C\C/C=C\CCCCCCCCCCCCCCCCCCCCCC(=O)NC(COC1OC(CO)C(OC2OC(CO)C(O)C(O)C2O)C(O)C1O)C(O)CCCCCCCCCCCCCCCCCCC. The summed E-state index contributed by atoms with van der Waals surface area (Å²) in [5, 5.41) is 87.5. The zero-order valence-corrected chi connectivity index (χ0v) is 52.5. The van der Waals surface area contributed by atoms with Crippen molar-refractivity contribution in [2.24, 2.45) is 0 Å². The van der Waals surface area contributed by atoms with Gasteiger partial charge in [0.25, 0.3) is 0 Å². The molecule has 2 heterocycles. The summed E-state index contributed by atoms with van der Waals surface area (Å²) in [5.74, 6) is -0.201. The number of amides is 1. The minimum absolute atomic E-state index is 0.201. The summed E-state index contributed by atoms with van der Waals surface area (Å²) >= 11 is 0. The molecule has 0 spiro atoms. The van der Waals surface area contributed by atoms with Crippen molar-refractivity contribution in [3.8, 4) is 0 Å². The Bertz CT molecular complexity index is 1470. The van der Waals surface area contributed by atoms with E-state index in [-0.39, 0.29) is 12.5 Å². The first-order valence-corrected chi connectivity index (χ1v) is 34.6. The molecule has 2 aliphatic rings. The van der Waals surface area contributed by atoms with Gasteiger partial charge in [-0.25, -0.2) is 0 Å². The summed E-state index contributed by atoms with van der Waals surface area (Å²) in [7, 11) is 0. The van der Waals surface area contributed by atoms with Crippen LogP contribution >= 0.6 is 0 Å². The van der Waals surface area contributed by atoms with Crippen molar-refractivity contribution < 1.29 is 64.6 Å². The van der Waals surface area contributed by atoms with Gasteiger partial charge in [0.05, 0.1) is 32.0 Å². The van der Waals surface area contributed by atoms with Gasteiger partial charge in [-0.3, -0.25) is 4.79 Å². The first-order valence-electron chi connectivity index (χ1n) is 34.6. The number of hydrogen-bond donors (Lipinski definition) is 9. The minimum Gasteiger partial charge on any atom is -0.394 e. The number of aliphatic hydroxyl groups is 8. The number of carbonyl (C=O) groups is 1. The fourth-order valence-corrected chi connectivity index (χ4v) is 11.6. The summed E-state index contributed by atoms with van der Waals surface area (Å²) in [6.45, 7) is 2.89. The highest BCUT2D eigenvalue weighted by molar-refractivity contribution is 5.76. The van der Waals surface area contributed by atoms with Crippen LogP contribution in [0, 0.1) is 0 Å². The average molecular weight is 1170 g/mol. The number of hydrogen-bond acceptors (Lipinski definition) is 13. The van der Waals surface area contributed by atoms with Gasteiger partial charge in [0.2, 0.25) is 5.91 Å². The average Bonchev–Trinajstić information content (AvgIpc) is 3.52. The maximum absolute atomic E-state index is 13.3. The quantitative estimate of drug-likeness (QED) is 0.0204. The molecule has 0 radical (unpaired) electrons. The molecule has 2 saturated heterocycles. The van der Waals surface area contributed by atoms with Crippen LogP contribution in [0.4, 0.5) is 0 Å². The predicted molar refractivity (Wildman–Crippen MR) is 332 cm³/mol. The van der Waals surface area contributed by atoms with E-state index in [2.05, 4.69) is 43.5 Å². The Morgan fingerprint density at radius 1 is 0.439 bits per heavy atom. The third-order valence-electron chi connectivity index (χ3n) is 17.2. The molecule has 0 aliphatic carbocycles. The van der Waals surface area contributed by atoms with E-state index in [0.717, 1.165) is 57.8 Å². The van der Waals surface area contributed by atoms with E-state index in [1.54, 1.807) is 0 Å². The normalized spacial score (nSPS) is 24.0. The molecule has 2 fully saturated rings. The molecule has 12 unspecified atom stereocenters. The highest BCUT2D eigenvalue weighted by Gasteiger charge is 2.51. The van der Waals surface area contributed by atoms with Crippen molar-refractivity contribution in [3.63, 3.8) is 0 Å². The van der Waals surface area contributed by atoms with Gasteiger partial charge in [0, 0.05) is 6.42 Å². The van der Waals surface area contributed by atoms with Crippen LogP contribution in [-0.2, 0) is 23.7 Å². The van der Waals surface area contributed by atoms with Gasteiger partial charge >= 0.3 is 0 Å². The lowest BCUT2D eigenvalue weighted by Crippen LogP contribution is -2.65. The lowest BCUT2D eigenvalue weighted by molar-refractivity contribution is -0.359. The molecule has 2 rings (SSSR count). The molecule has 0 aromatic carbocycles. The lowest BCUT2D eigenvalue weighted by Gasteiger charge is -2.46. The molecule has 2 aliphatic heterocycles. The van der Waals surface area contributed by atoms with Gasteiger partial charge in [-0.05, 0) is 44.9 Å². The Labute approximate surface area is 500 Å². The molecule has 484 valence electrons. The highest BCUT2D eigenvalue weighted by atomic mass is 16.7. The van der Waals surface area contributed by atoms with Crippen LogP contribution < -0.4 is 5.32 Å². The van der Waals surface area contributed by atoms with Crippen LogP contribution in [0.15, 0.2) is 24.3 Å². The van der Waals surface area contributed by atoms with Crippen molar-refractivity contribution in [1.29, 1.82) is 0 Å². The molecule has 1 amide bonds. The first-order chi connectivity index (χ1) is 40.1. The Hall–Kier alpha value is -1.53. The monoisotopic (exact) mass is 1170 g/mol. The number of carbonyl (C=O) groups excluding carboxylic acids is 1. The molecule has 14 nitrogen and oxygen atoms in total. The van der Waals surface area contributed by atoms with Gasteiger partial charge < -0.3 is 65.1 Å². The van der Waals surface area contributed by atoms with Crippen LogP contribution in [-0.4, -0.2) is 140 Å². The number of aliphatic hydroxyl groups excluding tert-OH is 8. The molecule has 82 heavy (non-hydrogen) atoms. The smallest absolute Gasteiger partial charge is 0.220 e. The minimum atomic E-state index is -1.78. The highest BCUT2D eigenvalue weighted by Crippen LogP contribution is 2.30. The van der Waals surface area contributed by atoms with Gasteiger partial charge in [-0.1, -0.05) is 282 Å². The molecule has 0 saturated carbocycles. The van der Waals surface area contributed by atoms with E-state index in [4.69, 9.17) is 18.9 Å². The van der Waals surface area contributed by atoms with Gasteiger partial charge in [0.1, 0.15) is 48.8 Å². The Balaban J connectivity index is 1.64. The molecule has 0 bridgehead atoms. The molecule has 14 heteroatoms. The van der Waals surface area contributed by atoms with Crippen molar-refractivity contribution in [2.75, 3.05) is 19.8 Å². The number of unbranched alkanes of at least 4 members (excludes halogenated alkanes) is 40. The number of allylic oxidation sites excluding steroid dienone is 4. The lowest BCUT2D eigenvalue weighted by atomic mass is 9.97. The van der Waals surface area contributed by atoms with E-state index in [9.17, 15) is 45.6 Å². The van der Waals surface area contributed by atoms with Gasteiger partial charge in [0.15, 0.2) is 12.6 Å².